The zero-order chi connectivity index (χ0) is 13.0. The lowest BCUT2D eigenvalue weighted by molar-refractivity contribution is 0.595. The first-order valence-electron chi connectivity index (χ1n) is 6.61. The van der Waals surface area contributed by atoms with Gasteiger partial charge in [-0.3, -0.25) is 0 Å². The second-order valence-electron chi connectivity index (χ2n) is 4.49. The number of nitrogens with one attached hydrogen (secondary N) is 1. The van der Waals surface area contributed by atoms with E-state index >= 15 is 0 Å². The lowest BCUT2D eigenvalue weighted by Crippen LogP contribution is -2.17. The normalized spacial score (nSPS) is 11.3. The molecule has 0 unspecified atom stereocenters. The van der Waals surface area contributed by atoms with E-state index in [0.717, 1.165) is 48.8 Å². The van der Waals surface area contributed by atoms with E-state index in [4.69, 9.17) is 11.6 Å². The molecule has 0 atom stereocenters. The second kappa shape index (κ2) is 6.21. The highest BCUT2D eigenvalue weighted by Crippen LogP contribution is 2.21. The van der Waals surface area contributed by atoms with Crippen LogP contribution in [0.5, 0.6) is 0 Å². The van der Waals surface area contributed by atoms with E-state index < -0.39 is 0 Å². The van der Waals surface area contributed by atoms with Crippen molar-refractivity contribution in [2.45, 2.75) is 39.8 Å². The minimum absolute atomic E-state index is 0.747. The summed E-state index contributed by atoms with van der Waals surface area (Å²) in [6.45, 7) is 7.20. The van der Waals surface area contributed by atoms with Crippen molar-refractivity contribution >= 4 is 22.6 Å². The van der Waals surface area contributed by atoms with Gasteiger partial charge in [-0.25, -0.2) is 4.98 Å². The van der Waals surface area contributed by atoms with Crippen LogP contribution in [0.15, 0.2) is 18.2 Å². The Bertz CT molecular complexity index is 519. The number of fused-ring (bicyclic) bond motifs is 1. The molecule has 0 amide bonds. The van der Waals surface area contributed by atoms with Crippen LogP contribution in [-0.4, -0.2) is 16.1 Å². The number of imidazole rings is 1. The van der Waals surface area contributed by atoms with E-state index in [-0.39, 0.29) is 0 Å². The largest absolute Gasteiger partial charge is 0.327 e. The van der Waals surface area contributed by atoms with Crippen LogP contribution < -0.4 is 5.32 Å². The summed E-state index contributed by atoms with van der Waals surface area (Å²) in [6.07, 6.45) is 2.24. The van der Waals surface area contributed by atoms with Gasteiger partial charge >= 0.3 is 0 Å². The van der Waals surface area contributed by atoms with Crippen LogP contribution in [0, 0.1) is 0 Å². The van der Waals surface area contributed by atoms with E-state index in [1.807, 2.05) is 12.1 Å². The first-order chi connectivity index (χ1) is 8.76. The fraction of sp³-hybridized carbons (Fsp3) is 0.500. The molecule has 0 spiro atoms. The van der Waals surface area contributed by atoms with Gasteiger partial charge in [0.05, 0.1) is 17.6 Å². The molecule has 18 heavy (non-hydrogen) atoms. The van der Waals surface area contributed by atoms with Crippen molar-refractivity contribution in [2.24, 2.45) is 0 Å². The zero-order valence-corrected chi connectivity index (χ0v) is 11.8. The summed E-state index contributed by atoms with van der Waals surface area (Å²) in [5.41, 5.74) is 2.17. The predicted octanol–water partition coefficient (Wildman–Crippen LogP) is 3.60. The lowest BCUT2D eigenvalue weighted by atomic mass is 10.3. The lowest BCUT2D eigenvalue weighted by Gasteiger charge is -2.08. The Morgan fingerprint density at radius 3 is 2.83 bits per heavy atom. The maximum absolute atomic E-state index is 6.02. The molecule has 0 fully saturated rings. The maximum Gasteiger partial charge on any atom is 0.123 e. The average Bonchev–Trinajstić information content (AvgIpc) is 2.68. The highest BCUT2D eigenvalue weighted by molar-refractivity contribution is 6.31. The molecule has 0 aliphatic rings. The molecule has 1 aromatic carbocycles. The highest BCUT2D eigenvalue weighted by atomic mass is 35.5. The molecule has 0 radical (unpaired) electrons. The van der Waals surface area contributed by atoms with Crippen molar-refractivity contribution in [1.29, 1.82) is 0 Å². The molecule has 3 nitrogen and oxygen atoms in total. The molecule has 4 heteroatoms. The van der Waals surface area contributed by atoms with Crippen molar-refractivity contribution in [3.63, 3.8) is 0 Å². The van der Waals surface area contributed by atoms with E-state index in [9.17, 15) is 0 Å². The van der Waals surface area contributed by atoms with Gasteiger partial charge in [-0.1, -0.05) is 25.4 Å². The Morgan fingerprint density at radius 1 is 1.28 bits per heavy atom. The minimum atomic E-state index is 0.747. The molecule has 0 aliphatic heterocycles. The molecule has 0 aliphatic carbocycles. The highest BCUT2D eigenvalue weighted by Gasteiger charge is 2.09. The summed E-state index contributed by atoms with van der Waals surface area (Å²) in [7, 11) is 0. The molecule has 2 aromatic rings. The Morgan fingerprint density at radius 2 is 2.11 bits per heavy atom. The first kappa shape index (κ1) is 13.4. The zero-order valence-electron chi connectivity index (χ0n) is 11.0. The van der Waals surface area contributed by atoms with Gasteiger partial charge in [0.25, 0.3) is 0 Å². The molecule has 2 rings (SSSR count). The van der Waals surface area contributed by atoms with Crippen molar-refractivity contribution in [3.8, 4) is 0 Å². The number of rotatable bonds is 6. The Kier molecular flexibility index (Phi) is 4.61. The van der Waals surface area contributed by atoms with Gasteiger partial charge in [0.1, 0.15) is 5.82 Å². The number of hydrogen-bond donors (Lipinski definition) is 1. The molecule has 98 valence electrons. The van der Waals surface area contributed by atoms with Crippen LogP contribution in [0.4, 0.5) is 0 Å². The number of halogens is 1. The molecular formula is C14H20ClN3. The number of hydrogen-bond acceptors (Lipinski definition) is 2. The van der Waals surface area contributed by atoms with E-state index in [1.165, 1.54) is 5.52 Å². The molecule has 0 bridgehead atoms. The predicted molar refractivity (Wildman–Crippen MR) is 77.0 cm³/mol. The van der Waals surface area contributed by atoms with Crippen molar-refractivity contribution < 1.29 is 0 Å². The third kappa shape index (κ3) is 2.85. The van der Waals surface area contributed by atoms with Gasteiger partial charge in [0.2, 0.25) is 0 Å². The fourth-order valence-corrected chi connectivity index (χ4v) is 2.30. The van der Waals surface area contributed by atoms with Gasteiger partial charge in [0.15, 0.2) is 0 Å². The summed E-state index contributed by atoms with van der Waals surface area (Å²) in [5.74, 6) is 1.10. The summed E-state index contributed by atoms with van der Waals surface area (Å²) >= 11 is 6.02. The second-order valence-corrected chi connectivity index (χ2v) is 4.93. The first-order valence-corrected chi connectivity index (χ1v) is 6.99. The number of aromatic nitrogens is 2. The third-order valence-electron chi connectivity index (χ3n) is 2.95. The van der Waals surface area contributed by atoms with Crippen LogP contribution in [0.1, 0.15) is 32.5 Å². The topological polar surface area (TPSA) is 29.9 Å². The van der Waals surface area contributed by atoms with Gasteiger partial charge in [-0.2, -0.15) is 0 Å². The minimum Gasteiger partial charge on any atom is -0.327 e. The van der Waals surface area contributed by atoms with Crippen LogP contribution in [-0.2, 0) is 13.1 Å². The van der Waals surface area contributed by atoms with Gasteiger partial charge < -0.3 is 9.88 Å². The van der Waals surface area contributed by atoms with Gasteiger partial charge in [-0.05, 0) is 37.6 Å². The van der Waals surface area contributed by atoms with Crippen molar-refractivity contribution in [2.75, 3.05) is 6.54 Å². The molecular weight excluding hydrogens is 246 g/mol. The molecule has 1 N–H and O–H groups in total. The summed E-state index contributed by atoms with van der Waals surface area (Å²) < 4.78 is 2.29. The third-order valence-corrected chi connectivity index (χ3v) is 3.18. The maximum atomic E-state index is 6.02. The SMILES string of the molecule is CCCNCc1nc2cc(Cl)ccc2n1CCC. The monoisotopic (exact) mass is 265 g/mol. The Labute approximate surface area is 113 Å². The Hall–Kier alpha value is -1.06. The average molecular weight is 266 g/mol. The number of benzene rings is 1. The molecule has 0 saturated carbocycles. The molecule has 1 heterocycles. The number of aryl methyl sites for hydroxylation is 1. The number of nitrogens with zero attached hydrogens (tertiary/aromatic N) is 2. The van der Waals surface area contributed by atoms with Crippen molar-refractivity contribution in [3.05, 3.63) is 29.0 Å². The van der Waals surface area contributed by atoms with E-state index in [2.05, 4.69) is 34.8 Å². The van der Waals surface area contributed by atoms with Crippen LogP contribution in [0.2, 0.25) is 5.02 Å². The van der Waals surface area contributed by atoms with Crippen LogP contribution in [0.25, 0.3) is 11.0 Å². The molecule has 0 saturated heterocycles. The fourth-order valence-electron chi connectivity index (χ4n) is 2.14. The van der Waals surface area contributed by atoms with E-state index in [1.54, 1.807) is 0 Å². The van der Waals surface area contributed by atoms with Gasteiger partial charge in [0, 0.05) is 11.6 Å². The summed E-state index contributed by atoms with van der Waals surface area (Å²) in [4.78, 5) is 4.68. The Balaban J connectivity index is 2.34. The van der Waals surface area contributed by atoms with Crippen LogP contribution >= 0.6 is 11.6 Å². The summed E-state index contributed by atoms with van der Waals surface area (Å²) in [6, 6.07) is 5.93. The smallest absolute Gasteiger partial charge is 0.123 e. The van der Waals surface area contributed by atoms with Gasteiger partial charge in [-0.15, -0.1) is 0 Å². The quantitative estimate of drug-likeness (QED) is 0.809. The molecule has 1 aromatic heterocycles. The summed E-state index contributed by atoms with van der Waals surface area (Å²) in [5, 5.41) is 4.16. The van der Waals surface area contributed by atoms with Crippen LogP contribution in [0.3, 0.4) is 0 Å². The van der Waals surface area contributed by atoms with Crippen molar-refractivity contribution in [1.82, 2.24) is 14.9 Å². The van der Waals surface area contributed by atoms with E-state index in [0.29, 0.717) is 0 Å². The standard InChI is InChI=1S/C14H20ClN3/c1-3-7-16-10-14-17-12-9-11(15)5-6-13(12)18(14)8-4-2/h5-6,9,16H,3-4,7-8,10H2,1-2H3.